The minimum absolute atomic E-state index is 0.216. The largest absolute Gasteiger partial charge is 0.337 e. The molecule has 0 radical (unpaired) electrons. The van der Waals surface area contributed by atoms with Gasteiger partial charge in [-0.05, 0) is 44.2 Å². The topological polar surface area (TPSA) is 38.1 Å². The van der Waals surface area contributed by atoms with Crippen molar-refractivity contribution in [3.63, 3.8) is 0 Å². The lowest BCUT2D eigenvalue weighted by atomic mass is 10.1. The number of carbonyl (C=O) groups is 1. The van der Waals surface area contributed by atoms with Crippen LogP contribution in [0.3, 0.4) is 0 Å². The second-order valence-electron chi connectivity index (χ2n) is 6.50. The molecule has 1 aliphatic heterocycles. The van der Waals surface area contributed by atoms with Crippen molar-refractivity contribution >= 4 is 17.2 Å². The Bertz CT molecular complexity index is 709. The zero-order chi connectivity index (χ0) is 15.3. The van der Waals surface area contributed by atoms with E-state index in [1.165, 1.54) is 16.9 Å². The van der Waals surface area contributed by atoms with Crippen LogP contribution < -0.4 is 0 Å². The van der Waals surface area contributed by atoms with Gasteiger partial charge < -0.3 is 9.47 Å². The molecule has 2 aliphatic rings. The fraction of sp³-hybridized carbons (Fsp3) is 0.529. The van der Waals surface area contributed by atoms with E-state index < -0.39 is 0 Å². The van der Waals surface area contributed by atoms with Gasteiger partial charge in [-0.1, -0.05) is 0 Å². The molecule has 1 saturated heterocycles. The van der Waals surface area contributed by atoms with Gasteiger partial charge in [0.1, 0.15) is 5.82 Å². The van der Waals surface area contributed by atoms with Crippen molar-refractivity contribution in [1.82, 2.24) is 14.5 Å². The van der Waals surface area contributed by atoms with Gasteiger partial charge in [-0.15, -0.1) is 11.3 Å². The third-order valence-corrected chi connectivity index (χ3v) is 6.06. The highest BCUT2D eigenvalue weighted by atomic mass is 32.1. The van der Waals surface area contributed by atoms with Crippen LogP contribution in [0.15, 0.2) is 12.3 Å². The van der Waals surface area contributed by atoms with Crippen LogP contribution in [0.1, 0.15) is 50.4 Å². The normalized spacial score (nSPS) is 20.6. The average Bonchev–Trinajstić information content (AvgIpc) is 3.19. The van der Waals surface area contributed by atoms with Crippen LogP contribution in [0, 0.1) is 6.92 Å². The predicted octanol–water partition coefficient (Wildman–Crippen LogP) is 2.91. The highest BCUT2D eigenvalue weighted by molar-refractivity contribution is 7.14. The number of nitrogens with zero attached hydrogens (tertiary/aromatic N) is 3. The number of aromatic nitrogens is 2. The average molecular weight is 315 g/mol. The third-order valence-electron chi connectivity index (χ3n) is 4.83. The molecule has 1 aliphatic carbocycles. The number of thiophene rings is 1. The molecule has 0 spiro atoms. The minimum atomic E-state index is 0.216. The molecule has 3 heterocycles. The molecule has 0 saturated carbocycles. The molecular formula is C17H21N3OS. The van der Waals surface area contributed by atoms with Crippen LogP contribution in [0.4, 0.5) is 0 Å². The van der Waals surface area contributed by atoms with Crippen molar-refractivity contribution in [2.75, 3.05) is 13.1 Å². The molecular weight excluding hydrogens is 294 g/mol. The van der Waals surface area contributed by atoms with E-state index >= 15 is 0 Å². The van der Waals surface area contributed by atoms with Crippen LogP contribution in [-0.4, -0.2) is 33.4 Å². The summed E-state index contributed by atoms with van der Waals surface area (Å²) < 4.78 is 2.10. The van der Waals surface area contributed by atoms with E-state index in [0.717, 1.165) is 48.7 Å². The van der Waals surface area contributed by atoms with Crippen molar-refractivity contribution in [1.29, 1.82) is 0 Å². The smallest absolute Gasteiger partial charge is 0.263 e. The minimum Gasteiger partial charge on any atom is -0.337 e. The first-order valence-corrected chi connectivity index (χ1v) is 8.84. The summed E-state index contributed by atoms with van der Waals surface area (Å²) in [6, 6.07) is 2.13. The molecule has 2 aromatic heterocycles. The Morgan fingerprint density at radius 1 is 1.41 bits per heavy atom. The van der Waals surface area contributed by atoms with Gasteiger partial charge in [-0.25, -0.2) is 4.98 Å². The van der Waals surface area contributed by atoms with E-state index in [-0.39, 0.29) is 5.91 Å². The molecule has 4 rings (SSSR count). The molecule has 5 heteroatoms. The van der Waals surface area contributed by atoms with Crippen molar-refractivity contribution in [3.8, 4) is 0 Å². The van der Waals surface area contributed by atoms with Crippen molar-refractivity contribution in [3.05, 3.63) is 39.1 Å². The maximum Gasteiger partial charge on any atom is 0.263 e. The number of rotatable bonds is 2. The van der Waals surface area contributed by atoms with Gasteiger partial charge >= 0.3 is 0 Å². The lowest BCUT2D eigenvalue weighted by Crippen LogP contribution is -2.28. The second kappa shape index (κ2) is 5.23. The highest BCUT2D eigenvalue weighted by Gasteiger charge is 2.31. The summed E-state index contributed by atoms with van der Waals surface area (Å²) in [6.45, 7) is 3.66. The van der Waals surface area contributed by atoms with Gasteiger partial charge in [0.2, 0.25) is 0 Å². The van der Waals surface area contributed by atoms with E-state index in [2.05, 4.69) is 21.8 Å². The maximum absolute atomic E-state index is 12.7. The summed E-state index contributed by atoms with van der Waals surface area (Å²) in [5.74, 6) is 1.70. The Balaban J connectivity index is 1.50. The van der Waals surface area contributed by atoms with Gasteiger partial charge in [0.25, 0.3) is 5.91 Å². The monoisotopic (exact) mass is 315 g/mol. The Kier molecular flexibility index (Phi) is 3.33. The quantitative estimate of drug-likeness (QED) is 0.854. The molecule has 0 N–H and O–H groups in total. The van der Waals surface area contributed by atoms with Crippen molar-refractivity contribution in [2.45, 2.75) is 38.5 Å². The van der Waals surface area contributed by atoms with E-state index in [0.29, 0.717) is 5.92 Å². The lowest BCUT2D eigenvalue weighted by molar-refractivity contribution is 0.0795. The summed E-state index contributed by atoms with van der Waals surface area (Å²) >= 11 is 1.71. The van der Waals surface area contributed by atoms with Gasteiger partial charge in [0.15, 0.2) is 0 Å². The Labute approximate surface area is 134 Å². The van der Waals surface area contributed by atoms with Crippen LogP contribution in [0.2, 0.25) is 0 Å². The summed E-state index contributed by atoms with van der Waals surface area (Å²) in [5.41, 5.74) is 2.46. The maximum atomic E-state index is 12.7. The van der Waals surface area contributed by atoms with E-state index in [9.17, 15) is 4.79 Å². The first kappa shape index (κ1) is 14.0. The van der Waals surface area contributed by atoms with Crippen LogP contribution >= 0.6 is 11.3 Å². The number of aryl methyl sites for hydroxylation is 4. The van der Waals surface area contributed by atoms with Gasteiger partial charge in [0, 0.05) is 37.1 Å². The van der Waals surface area contributed by atoms with Crippen LogP contribution in [0.25, 0.3) is 0 Å². The van der Waals surface area contributed by atoms with E-state index in [4.69, 9.17) is 0 Å². The number of amides is 1. The van der Waals surface area contributed by atoms with Crippen LogP contribution in [0.5, 0.6) is 0 Å². The second-order valence-corrected chi connectivity index (χ2v) is 7.64. The number of hydrogen-bond acceptors (Lipinski definition) is 3. The molecule has 0 aromatic carbocycles. The molecule has 0 unspecified atom stereocenters. The number of fused-ring (bicyclic) bond motifs is 1. The summed E-state index contributed by atoms with van der Waals surface area (Å²) in [6.07, 6.45) is 6.63. The molecule has 0 bridgehead atoms. The number of carbonyl (C=O) groups excluding carboxylic acids is 1. The fourth-order valence-corrected chi connectivity index (χ4v) is 4.98. The van der Waals surface area contributed by atoms with Gasteiger partial charge in [0.05, 0.1) is 10.6 Å². The zero-order valence-electron chi connectivity index (χ0n) is 13.1. The molecule has 1 fully saturated rings. The number of imidazole rings is 1. The number of likely N-dealkylation sites (tertiary alicyclic amines) is 1. The molecule has 1 atom stereocenters. The van der Waals surface area contributed by atoms with Crippen molar-refractivity contribution < 1.29 is 4.79 Å². The van der Waals surface area contributed by atoms with Crippen molar-refractivity contribution in [2.24, 2.45) is 7.05 Å². The number of hydrogen-bond donors (Lipinski definition) is 0. The molecule has 2 aromatic rings. The first-order valence-electron chi connectivity index (χ1n) is 8.02. The van der Waals surface area contributed by atoms with E-state index in [1.807, 2.05) is 18.9 Å². The van der Waals surface area contributed by atoms with Gasteiger partial charge in [-0.3, -0.25) is 4.79 Å². The molecule has 4 nitrogen and oxygen atoms in total. The lowest BCUT2D eigenvalue weighted by Gasteiger charge is -2.15. The Hall–Kier alpha value is -1.62. The Morgan fingerprint density at radius 3 is 3.00 bits per heavy atom. The molecule has 1 amide bonds. The first-order chi connectivity index (χ1) is 10.6. The van der Waals surface area contributed by atoms with E-state index in [1.54, 1.807) is 11.3 Å². The summed E-state index contributed by atoms with van der Waals surface area (Å²) in [5, 5.41) is 0. The van der Waals surface area contributed by atoms with Gasteiger partial charge in [-0.2, -0.15) is 0 Å². The fourth-order valence-electron chi connectivity index (χ4n) is 3.76. The molecule has 22 heavy (non-hydrogen) atoms. The SMILES string of the molecule is Cc1cn(C)c([C@H]2CCN(C(=O)c3cc4c(s3)CCC4)C2)n1. The zero-order valence-corrected chi connectivity index (χ0v) is 13.9. The summed E-state index contributed by atoms with van der Waals surface area (Å²) in [4.78, 5) is 21.7. The molecule has 116 valence electrons. The van der Waals surface area contributed by atoms with Crippen LogP contribution in [-0.2, 0) is 19.9 Å². The highest BCUT2D eigenvalue weighted by Crippen LogP contribution is 2.33. The standard InChI is InChI=1S/C17H21N3OS/c1-11-9-19(2)16(18-11)13-6-7-20(10-13)17(21)15-8-12-4-3-5-14(12)22-15/h8-9,13H,3-7,10H2,1-2H3/t13-/m0/s1. The third kappa shape index (κ3) is 2.28. The predicted molar refractivity (Wildman–Crippen MR) is 87.6 cm³/mol. The summed E-state index contributed by atoms with van der Waals surface area (Å²) in [7, 11) is 2.05. The Morgan fingerprint density at radius 2 is 2.27 bits per heavy atom.